The zero-order valence-electron chi connectivity index (χ0n) is 8.77. The molecular weight excluding hydrogens is 210 g/mol. The lowest BCUT2D eigenvalue weighted by molar-refractivity contribution is 0.639. The summed E-state index contributed by atoms with van der Waals surface area (Å²) in [5.74, 6) is 0.651. The molecule has 2 atom stereocenters. The van der Waals surface area contributed by atoms with Gasteiger partial charge in [-0.15, -0.1) is 5.10 Å². The first-order chi connectivity index (χ1) is 7.25. The van der Waals surface area contributed by atoms with Gasteiger partial charge in [0.05, 0.1) is 16.5 Å². The molecule has 0 aromatic carbocycles. The molecule has 0 radical (unpaired) electrons. The molecule has 82 valence electrons. The van der Waals surface area contributed by atoms with Crippen LogP contribution in [0.25, 0.3) is 0 Å². The SMILES string of the molecule is Cc1ccc([S@](=O)C[C@@H]2CCCN2)nn1. The average Bonchev–Trinajstić information content (AvgIpc) is 2.71. The third-order valence-electron chi connectivity index (χ3n) is 2.52. The molecule has 0 unspecified atom stereocenters. The van der Waals surface area contributed by atoms with Gasteiger partial charge in [-0.05, 0) is 38.4 Å². The molecule has 1 saturated heterocycles. The van der Waals surface area contributed by atoms with E-state index in [1.54, 1.807) is 6.07 Å². The summed E-state index contributed by atoms with van der Waals surface area (Å²) in [6, 6.07) is 4.03. The number of nitrogens with zero attached hydrogens (tertiary/aromatic N) is 2. The second kappa shape index (κ2) is 4.81. The van der Waals surface area contributed by atoms with E-state index >= 15 is 0 Å². The Hall–Kier alpha value is -0.810. The monoisotopic (exact) mass is 225 g/mol. The fourth-order valence-corrected chi connectivity index (χ4v) is 2.85. The summed E-state index contributed by atoms with van der Waals surface area (Å²) in [7, 11) is -1.02. The molecular formula is C10H15N3OS. The van der Waals surface area contributed by atoms with Crippen LogP contribution in [0.1, 0.15) is 18.5 Å². The van der Waals surface area contributed by atoms with Crippen LogP contribution >= 0.6 is 0 Å². The van der Waals surface area contributed by atoms with Crippen LogP contribution in [0.4, 0.5) is 0 Å². The van der Waals surface area contributed by atoms with Crippen molar-refractivity contribution >= 4 is 10.8 Å². The summed E-state index contributed by atoms with van der Waals surface area (Å²) < 4.78 is 11.9. The topological polar surface area (TPSA) is 54.9 Å². The Kier molecular flexibility index (Phi) is 3.43. The van der Waals surface area contributed by atoms with Crippen molar-refractivity contribution in [1.29, 1.82) is 0 Å². The van der Waals surface area contributed by atoms with Crippen molar-refractivity contribution in [3.8, 4) is 0 Å². The summed E-state index contributed by atoms with van der Waals surface area (Å²) in [5.41, 5.74) is 0.856. The fraction of sp³-hybridized carbons (Fsp3) is 0.600. The van der Waals surface area contributed by atoms with E-state index in [-0.39, 0.29) is 0 Å². The smallest absolute Gasteiger partial charge is 0.149 e. The second-order valence-electron chi connectivity index (χ2n) is 3.82. The van der Waals surface area contributed by atoms with Gasteiger partial charge in [0.1, 0.15) is 5.03 Å². The van der Waals surface area contributed by atoms with Gasteiger partial charge >= 0.3 is 0 Å². The van der Waals surface area contributed by atoms with E-state index in [0.29, 0.717) is 16.8 Å². The molecule has 2 rings (SSSR count). The first kappa shape index (κ1) is 10.7. The lowest BCUT2D eigenvalue weighted by Gasteiger charge is -2.08. The third kappa shape index (κ3) is 2.82. The molecule has 1 fully saturated rings. The predicted molar refractivity (Wildman–Crippen MR) is 59.1 cm³/mol. The van der Waals surface area contributed by atoms with Crippen molar-refractivity contribution in [3.63, 3.8) is 0 Å². The third-order valence-corrected chi connectivity index (χ3v) is 3.91. The maximum atomic E-state index is 11.9. The molecule has 4 nitrogen and oxygen atoms in total. The first-order valence-corrected chi connectivity index (χ1v) is 6.50. The fourth-order valence-electron chi connectivity index (χ4n) is 1.68. The van der Waals surface area contributed by atoms with Gasteiger partial charge in [0.15, 0.2) is 0 Å². The molecule has 0 spiro atoms. The summed E-state index contributed by atoms with van der Waals surface area (Å²) in [5, 5.41) is 11.8. The summed E-state index contributed by atoms with van der Waals surface area (Å²) in [4.78, 5) is 0. The van der Waals surface area contributed by atoms with E-state index in [9.17, 15) is 4.21 Å². The molecule has 0 aliphatic carbocycles. The number of rotatable bonds is 3. The van der Waals surface area contributed by atoms with Crippen LogP contribution in [0.2, 0.25) is 0 Å². The summed E-state index contributed by atoms with van der Waals surface area (Å²) in [6.45, 7) is 2.92. The van der Waals surface area contributed by atoms with Crippen molar-refractivity contribution in [2.24, 2.45) is 0 Å². The first-order valence-electron chi connectivity index (χ1n) is 5.18. The van der Waals surface area contributed by atoms with Crippen LogP contribution in [-0.4, -0.2) is 32.7 Å². The normalized spacial score (nSPS) is 22.9. The Morgan fingerprint density at radius 2 is 2.40 bits per heavy atom. The van der Waals surface area contributed by atoms with Gasteiger partial charge in [-0.1, -0.05) is 0 Å². The van der Waals surface area contributed by atoms with Crippen molar-refractivity contribution in [3.05, 3.63) is 17.8 Å². The van der Waals surface area contributed by atoms with Crippen LogP contribution in [0, 0.1) is 6.92 Å². The predicted octanol–water partition coefficient (Wildman–Crippen LogP) is 0.645. The van der Waals surface area contributed by atoms with Crippen LogP contribution in [0.5, 0.6) is 0 Å². The number of nitrogens with one attached hydrogen (secondary N) is 1. The second-order valence-corrected chi connectivity index (χ2v) is 5.26. The van der Waals surface area contributed by atoms with E-state index in [1.165, 1.54) is 6.42 Å². The summed E-state index contributed by atoms with van der Waals surface area (Å²) in [6.07, 6.45) is 2.30. The number of hydrogen-bond acceptors (Lipinski definition) is 4. The van der Waals surface area contributed by atoms with E-state index in [0.717, 1.165) is 18.7 Å². The summed E-state index contributed by atoms with van der Waals surface area (Å²) >= 11 is 0. The Morgan fingerprint density at radius 3 is 3.00 bits per heavy atom. The van der Waals surface area contributed by atoms with Crippen molar-refractivity contribution < 1.29 is 4.21 Å². The van der Waals surface area contributed by atoms with Gasteiger partial charge < -0.3 is 5.32 Å². The van der Waals surface area contributed by atoms with Gasteiger partial charge in [-0.3, -0.25) is 4.21 Å². The van der Waals surface area contributed by atoms with Crippen molar-refractivity contribution in [2.45, 2.75) is 30.8 Å². The van der Waals surface area contributed by atoms with E-state index in [4.69, 9.17) is 0 Å². The zero-order chi connectivity index (χ0) is 10.7. The molecule has 1 aliphatic heterocycles. The van der Waals surface area contributed by atoms with Gasteiger partial charge in [-0.2, -0.15) is 5.10 Å². The zero-order valence-corrected chi connectivity index (χ0v) is 9.59. The maximum Gasteiger partial charge on any atom is 0.149 e. The molecule has 0 bridgehead atoms. The molecule has 1 aromatic heterocycles. The molecule has 15 heavy (non-hydrogen) atoms. The average molecular weight is 225 g/mol. The molecule has 0 amide bonds. The molecule has 2 heterocycles. The molecule has 1 aromatic rings. The van der Waals surface area contributed by atoms with Crippen molar-refractivity contribution in [2.75, 3.05) is 12.3 Å². The van der Waals surface area contributed by atoms with Gasteiger partial charge in [-0.25, -0.2) is 0 Å². The number of hydrogen-bond donors (Lipinski definition) is 1. The van der Waals surface area contributed by atoms with Gasteiger partial charge in [0.2, 0.25) is 0 Å². The number of aromatic nitrogens is 2. The van der Waals surface area contributed by atoms with E-state index in [2.05, 4.69) is 15.5 Å². The molecule has 1 aliphatic rings. The minimum absolute atomic E-state index is 0.383. The number of aryl methyl sites for hydroxylation is 1. The highest BCUT2D eigenvalue weighted by atomic mass is 32.2. The highest BCUT2D eigenvalue weighted by Gasteiger charge is 2.18. The Balaban J connectivity index is 1.98. The lowest BCUT2D eigenvalue weighted by atomic mass is 10.3. The highest BCUT2D eigenvalue weighted by molar-refractivity contribution is 7.85. The van der Waals surface area contributed by atoms with Crippen LogP contribution < -0.4 is 5.32 Å². The minimum atomic E-state index is -1.02. The van der Waals surface area contributed by atoms with Crippen LogP contribution in [0.3, 0.4) is 0 Å². The Bertz CT molecular complexity index is 346. The van der Waals surface area contributed by atoms with Gasteiger partial charge in [0.25, 0.3) is 0 Å². The molecule has 1 N–H and O–H groups in total. The minimum Gasteiger partial charge on any atom is -0.313 e. The molecule has 5 heteroatoms. The van der Waals surface area contributed by atoms with Crippen LogP contribution in [0.15, 0.2) is 17.2 Å². The van der Waals surface area contributed by atoms with Crippen molar-refractivity contribution in [1.82, 2.24) is 15.5 Å². The molecule has 0 saturated carbocycles. The van der Waals surface area contributed by atoms with E-state index in [1.807, 2.05) is 13.0 Å². The largest absolute Gasteiger partial charge is 0.313 e. The maximum absolute atomic E-state index is 11.9. The van der Waals surface area contributed by atoms with Gasteiger partial charge in [0, 0.05) is 11.8 Å². The Morgan fingerprint density at radius 1 is 1.53 bits per heavy atom. The van der Waals surface area contributed by atoms with Crippen LogP contribution in [-0.2, 0) is 10.8 Å². The lowest BCUT2D eigenvalue weighted by Crippen LogP contribution is -2.27. The standard InChI is InChI=1S/C10H15N3OS/c1-8-4-5-10(13-12-8)15(14)7-9-3-2-6-11-9/h4-5,9,11H,2-3,6-7H2,1H3/t9-,15+/m0/s1. The van der Waals surface area contributed by atoms with E-state index < -0.39 is 10.8 Å². The highest BCUT2D eigenvalue weighted by Crippen LogP contribution is 2.10. The quantitative estimate of drug-likeness (QED) is 0.820. The Labute approximate surface area is 91.9 Å².